The highest BCUT2D eigenvalue weighted by atomic mass is 32.1. The predicted molar refractivity (Wildman–Crippen MR) is 43.0 cm³/mol. The maximum absolute atomic E-state index is 10.6. The summed E-state index contributed by atoms with van der Waals surface area (Å²) in [4.78, 5) is 11.0. The summed E-state index contributed by atoms with van der Waals surface area (Å²) < 4.78 is 4.73. The Morgan fingerprint density at radius 2 is 2.10 bits per heavy atom. The molecular formula is C7H6O2S. The minimum atomic E-state index is -0.315. The van der Waals surface area contributed by atoms with Crippen molar-refractivity contribution in [3.63, 3.8) is 0 Å². The molecule has 0 saturated carbocycles. The van der Waals surface area contributed by atoms with Gasteiger partial charge in [0.1, 0.15) is 5.76 Å². The maximum Gasteiger partial charge on any atom is 0.396 e. The van der Waals surface area contributed by atoms with Crippen molar-refractivity contribution in [3.05, 3.63) is 33.5 Å². The fourth-order valence-electron chi connectivity index (χ4n) is 0.586. The van der Waals surface area contributed by atoms with Gasteiger partial charge in [-0.05, 0) is 12.2 Å². The summed E-state index contributed by atoms with van der Waals surface area (Å²) >= 11 is 1.03. The van der Waals surface area contributed by atoms with Gasteiger partial charge in [-0.3, -0.25) is 0 Å². The van der Waals surface area contributed by atoms with Crippen LogP contribution in [-0.2, 0) is 0 Å². The van der Waals surface area contributed by atoms with Crippen molar-refractivity contribution in [2.45, 2.75) is 0 Å². The van der Waals surface area contributed by atoms with E-state index in [1.54, 1.807) is 6.08 Å². The Bertz CT molecular complexity index is 277. The third-order valence-corrected chi connectivity index (χ3v) is 1.84. The first-order valence-electron chi connectivity index (χ1n) is 2.66. The highest BCUT2D eigenvalue weighted by molar-refractivity contribution is 7.10. The molecule has 0 aromatic carbocycles. The smallest absolute Gasteiger partial charge is 0.396 e. The molecule has 0 atom stereocenters. The molecule has 0 aliphatic carbocycles. The molecule has 0 fully saturated rings. The summed E-state index contributed by atoms with van der Waals surface area (Å²) in [5, 5.41) is 0. The first-order valence-corrected chi connectivity index (χ1v) is 3.48. The summed E-state index contributed by atoms with van der Waals surface area (Å²) in [6, 6.07) is 0. The van der Waals surface area contributed by atoms with Crippen molar-refractivity contribution < 1.29 is 4.42 Å². The standard InChI is InChI=1S/C7H6O2S/c1-3-5-6(4-2)10-7(8)9-5/h3-4H,1-2H2. The van der Waals surface area contributed by atoms with Gasteiger partial charge in [0.25, 0.3) is 0 Å². The zero-order valence-electron chi connectivity index (χ0n) is 5.29. The van der Waals surface area contributed by atoms with E-state index in [0.29, 0.717) is 5.76 Å². The van der Waals surface area contributed by atoms with Crippen LogP contribution in [0.2, 0.25) is 0 Å². The van der Waals surface area contributed by atoms with Gasteiger partial charge < -0.3 is 4.42 Å². The van der Waals surface area contributed by atoms with Crippen molar-refractivity contribution in [3.8, 4) is 0 Å². The van der Waals surface area contributed by atoms with Gasteiger partial charge in [0.2, 0.25) is 0 Å². The van der Waals surface area contributed by atoms with E-state index in [-0.39, 0.29) is 4.94 Å². The van der Waals surface area contributed by atoms with Crippen LogP contribution in [0.25, 0.3) is 12.2 Å². The average molecular weight is 154 g/mol. The topological polar surface area (TPSA) is 30.2 Å². The molecular weight excluding hydrogens is 148 g/mol. The highest BCUT2D eigenvalue weighted by Gasteiger charge is 2.01. The summed E-state index contributed by atoms with van der Waals surface area (Å²) in [7, 11) is 0. The van der Waals surface area contributed by atoms with Crippen LogP contribution in [0.5, 0.6) is 0 Å². The fraction of sp³-hybridized carbons (Fsp3) is 0. The molecule has 0 N–H and O–H groups in total. The molecule has 1 rings (SSSR count). The van der Waals surface area contributed by atoms with Crippen molar-refractivity contribution in [1.29, 1.82) is 0 Å². The highest BCUT2D eigenvalue weighted by Crippen LogP contribution is 2.13. The van der Waals surface area contributed by atoms with E-state index in [9.17, 15) is 4.79 Å². The lowest BCUT2D eigenvalue weighted by molar-refractivity contribution is 0.527. The Morgan fingerprint density at radius 3 is 2.50 bits per heavy atom. The van der Waals surface area contributed by atoms with Crippen LogP contribution < -0.4 is 4.94 Å². The zero-order chi connectivity index (χ0) is 7.56. The molecule has 0 saturated heterocycles. The van der Waals surface area contributed by atoms with E-state index in [2.05, 4.69) is 13.2 Å². The number of hydrogen-bond donors (Lipinski definition) is 0. The Kier molecular flexibility index (Phi) is 1.87. The van der Waals surface area contributed by atoms with Crippen molar-refractivity contribution in [2.75, 3.05) is 0 Å². The van der Waals surface area contributed by atoms with Gasteiger partial charge in [0.15, 0.2) is 0 Å². The van der Waals surface area contributed by atoms with Gasteiger partial charge >= 0.3 is 4.94 Å². The first kappa shape index (κ1) is 7.02. The lowest BCUT2D eigenvalue weighted by Gasteiger charge is -1.81. The van der Waals surface area contributed by atoms with Crippen LogP contribution in [0.15, 0.2) is 22.4 Å². The maximum atomic E-state index is 10.6. The Morgan fingerprint density at radius 1 is 1.40 bits per heavy atom. The zero-order valence-corrected chi connectivity index (χ0v) is 6.11. The van der Waals surface area contributed by atoms with Gasteiger partial charge in [-0.25, -0.2) is 4.79 Å². The average Bonchev–Trinajstić information content (AvgIpc) is 2.30. The van der Waals surface area contributed by atoms with Crippen molar-refractivity contribution in [1.82, 2.24) is 0 Å². The largest absolute Gasteiger partial charge is 0.414 e. The molecule has 0 bridgehead atoms. The predicted octanol–water partition coefficient (Wildman–Crippen LogP) is 1.99. The Labute approximate surface area is 62.1 Å². The molecule has 10 heavy (non-hydrogen) atoms. The molecule has 2 nitrogen and oxygen atoms in total. The van der Waals surface area contributed by atoms with Crippen LogP contribution in [0.1, 0.15) is 10.6 Å². The molecule has 0 unspecified atom stereocenters. The van der Waals surface area contributed by atoms with Gasteiger partial charge in [0, 0.05) is 0 Å². The molecule has 0 spiro atoms. The van der Waals surface area contributed by atoms with Crippen molar-refractivity contribution in [2.24, 2.45) is 0 Å². The minimum Gasteiger partial charge on any atom is -0.414 e. The third kappa shape index (κ3) is 1.09. The van der Waals surface area contributed by atoms with E-state index in [0.717, 1.165) is 16.2 Å². The van der Waals surface area contributed by atoms with Crippen LogP contribution in [-0.4, -0.2) is 0 Å². The lowest BCUT2D eigenvalue weighted by atomic mass is 10.4. The summed E-state index contributed by atoms with van der Waals surface area (Å²) in [5.74, 6) is 0.505. The SMILES string of the molecule is C=Cc1oc(=O)sc1C=C. The molecule has 1 heterocycles. The molecule has 0 aliphatic heterocycles. The summed E-state index contributed by atoms with van der Waals surface area (Å²) in [6.07, 6.45) is 3.07. The third-order valence-electron chi connectivity index (χ3n) is 1.00. The molecule has 0 amide bonds. The Hall–Kier alpha value is -1.09. The fourth-order valence-corrected chi connectivity index (χ4v) is 1.21. The lowest BCUT2D eigenvalue weighted by Crippen LogP contribution is -1.80. The second-order valence-corrected chi connectivity index (χ2v) is 2.57. The van der Waals surface area contributed by atoms with Crippen molar-refractivity contribution >= 4 is 23.5 Å². The second-order valence-electron chi connectivity index (χ2n) is 1.59. The van der Waals surface area contributed by atoms with E-state index in [4.69, 9.17) is 4.42 Å². The quantitative estimate of drug-likeness (QED) is 0.652. The number of hydrogen-bond acceptors (Lipinski definition) is 3. The van der Waals surface area contributed by atoms with E-state index >= 15 is 0 Å². The molecule has 0 radical (unpaired) electrons. The van der Waals surface area contributed by atoms with E-state index in [1.807, 2.05) is 0 Å². The second kappa shape index (κ2) is 2.66. The minimum absolute atomic E-state index is 0.315. The summed E-state index contributed by atoms with van der Waals surface area (Å²) in [5.41, 5.74) is 0. The normalized spacial score (nSPS) is 9.20. The number of rotatable bonds is 2. The molecule has 52 valence electrons. The summed E-state index contributed by atoms with van der Waals surface area (Å²) in [6.45, 7) is 7.00. The molecule has 3 heteroatoms. The Balaban J connectivity index is 3.33. The van der Waals surface area contributed by atoms with Crippen LogP contribution >= 0.6 is 11.3 Å². The van der Waals surface area contributed by atoms with Gasteiger partial charge in [-0.1, -0.05) is 24.5 Å². The van der Waals surface area contributed by atoms with Crippen LogP contribution in [0.3, 0.4) is 0 Å². The van der Waals surface area contributed by atoms with Gasteiger partial charge in [-0.15, -0.1) is 0 Å². The monoisotopic (exact) mass is 154 g/mol. The van der Waals surface area contributed by atoms with E-state index in [1.165, 1.54) is 6.08 Å². The van der Waals surface area contributed by atoms with E-state index < -0.39 is 0 Å². The van der Waals surface area contributed by atoms with Gasteiger partial charge in [0.05, 0.1) is 4.88 Å². The molecule has 1 aromatic rings. The van der Waals surface area contributed by atoms with Crippen LogP contribution in [0.4, 0.5) is 0 Å². The molecule has 0 aliphatic rings. The molecule has 1 aromatic heterocycles. The first-order chi connectivity index (χ1) is 4.77. The van der Waals surface area contributed by atoms with Gasteiger partial charge in [-0.2, -0.15) is 0 Å². The van der Waals surface area contributed by atoms with Crippen LogP contribution in [0, 0.1) is 0 Å².